The lowest BCUT2D eigenvalue weighted by molar-refractivity contribution is -0.139. The van der Waals surface area contributed by atoms with Crippen molar-refractivity contribution in [1.82, 2.24) is 30.4 Å². The van der Waals surface area contributed by atoms with Crippen LogP contribution in [0, 0.1) is 29.1 Å². The van der Waals surface area contributed by atoms with E-state index in [-0.39, 0.29) is 31.1 Å². The number of tetrazole rings is 1. The SMILES string of the molecule is C.Cn1nnnc1-c1ccc(NC(=N[C@@H]2CCCC[C@H]2C(=O)N2CCC[C@@H](Cc3ccc(F)cc3)C2)NC#N)cc1. The van der Waals surface area contributed by atoms with Gasteiger partial charge in [0, 0.05) is 31.4 Å². The number of nitriles is 1. The van der Waals surface area contributed by atoms with E-state index in [0.717, 1.165) is 68.3 Å². The van der Waals surface area contributed by atoms with Crippen LogP contribution in [0.15, 0.2) is 53.5 Å². The molecule has 5 rings (SSSR count). The van der Waals surface area contributed by atoms with Crippen LogP contribution in [0.5, 0.6) is 0 Å². The molecule has 2 aromatic carbocycles. The van der Waals surface area contributed by atoms with E-state index in [1.807, 2.05) is 47.5 Å². The van der Waals surface area contributed by atoms with Crippen LogP contribution >= 0.6 is 0 Å². The minimum Gasteiger partial charge on any atom is -0.342 e. The Morgan fingerprint density at radius 1 is 1.10 bits per heavy atom. The third-order valence-electron chi connectivity index (χ3n) is 7.81. The summed E-state index contributed by atoms with van der Waals surface area (Å²) in [5, 5.41) is 26.8. The maximum Gasteiger partial charge on any atom is 0.227 e. The Morgan fingerprint density at radius 3 is 2.56 bits per heavy atom. The number of carbonyl (C=O) groups excluding carboxylic acids is 1. The fourth-order valence-corrected chi connectivity index (χ4v) is 5.80. The number of nitrogens with one attached hydrogen (secondary N) is 2. The van der Waals surface area contributed by atoms with Gasteiger partial charge in [-0.05, 0) is 90.4 Å². The summed E-state index contributed by atoms with van der Waals surface area (Å²) < 4.78 is 14.9. The summed E-state index contributed by atoms with van der Waals surface area (Å²) in [6.07, 6.45) is 8.37. The fourth-order valence-electron chi connectivity index (χ4n) is 5.80. The molecule has 1 aromatic heterocycles. The van der Waals surface area contributed by atoms with Crippen molar-refractivity contribution in [3.63, 3.8) is 0 Å². The topological polar surface area (TPSA) is 124 Å². The smallest absolute Gasteiger partial charge is 0.227 e. The van der Waals surface area contributed by atoms with E-state index in [1.165, 1.54) is 12.1 Å². The number of anilines is 1. The molecule has 1 saturated carbocycles. The maximum atomic E-state index is 13.8. The number of aromatic nitrogens is 4. The number of aliphatic imine (C=N–C) groups is 1. The van der Waals surface area contributed by atoms with Crippen LogP contribution in [0.25, 0.3) is 11.4 Å². The molecule has 41 heavy (non-hydrogen) atoms. The third-order valence-corrected chi connectivity index (χ3v) is 7.81. The number of nitrogens with zero attached hydrogens (tertiary/aromatic N) is 7. The first-order valence-corrected chi connectivity index (χ1v) is 13.9. The van der Waals surface area contributed by atoms with Gasteiger partial charge >= 0.3 is 0 Å². The number of halogens is 1. The molecular formula is C30H38FN9O. The average Bonchev–Trinajstić information content (AvgIpc) is 3.40. The molecule has 1 aliphatic heterocycles. The molecule has 1 aliphatic carbocycles. The molecule has 11 heteroatoms. The normalized spacial score (nSPS) is 21.0. The van der Waals surface area contributed by atoms with Crippen LogP contribution < -0.4 is 10.6 Å². The highest BCUT2D eigenvalue weighted by Crippen LogP contribution is 2.31. The van der Waals surface area contributed by atoms with Gasteiger partial charge in [0.15, 0.2) is 12.0 Å². The molecule has 2 N–H and O–H groups in total. The first kappa shape index (κ1) is 29.6. The van der Waals surface area contributed by atoms with Gasteiger partial charge in [-0.3, -0.25) is 10.1 Å². The number of likely N-dealkylation sites (tertiary alicyclic amines) is 1. The van der Waals surface area contributed by atoms with E-state index < -0.39 is 0 Å². The van der Waals surface area contributed by atoms with Crippen molar-refractivity contribution in [2.75, 3.05) is 18.4 Å². The summed E-state index contributed by atoms with van der Waals surface area (Å²) in [6, 6.07) is 14.0. The molecule has 2 aliphatic rings. The van der Waals surface area contributed by atoms with E-state index >= 15 is 0 Å². The van der Waals surface area contributed by atoms with E-state index in [0.29, 0.717) is 24.2 Å². The molecule has 1 amide bonds. The summed E-state index contributed by atoms with van der Waals surface area (Å²) in [7, 11) is 1.78. The zero-order valence-corrected chi connectivity index (χ0v) is 22.6. The standard InChI is InChI=1S/C29H34FN9O.CH4/c1-38-27(35-36-37-38)22-10-14-24(15-11-22)33-29(32-19-31)34-26-7-3-2-6-25(26)28(40)39-16-4-5-21(18-39)17-20-8-12-23(30)13-9-20;/h8-15,21,25-26H,2-7,16-18H2,1H3,(H2,32,33,34);1H4/t21-,25+,26+;/m0./s1. The Morgan fingerprint density at radius 2 is 1.85 bits per heavy atom. The molecule has 0 bridgehead atoms. The minimum atomic E-state index is -0.232. The molecule has 0 unspecified atom stereocenters. The first-order valence-electron chi connectivity index (χ1n) is 13.9. The van der Waals surface area contributed by atoms with Crippen LogP contribution in [0.1, 0.15) is 51.5 Å². The second-order valence-electron chi connectivity index (χ2n) is 10.6. The quantitative estimate of drug-likeness (QED) is 0.197. The predicted molar refractivity (Wildman–Crippen MR) is 156 cm³/mol. The number of amides is 1. The van der Waals surface area contributed by atoms with Gasteiger partial charge in [0.05, 0.1) is 12.0 Å². The maximum absolute atomic E-state index is 13.8. The summed E-state index contributed by atoms with van der Waals surface area (Å²) in [4.78, 5) is 20.6. The van der Waals surface area contributed by atoms with Crippen molar-refractivity contribution in [3.05, 3.63) is 59.9 Å². The average molecular weight is 560 g/mol. The zero-order valence-electron chi connectivity index (χ0n) is 22.6. The van der Waals surface area contributed by atoms with E-state index in [4.69, 9.17) is 4.99 Å². The van der Waals surface area contributed by atoms with Crippen LogP contribution in [-0.2, 0) is 18.3 Å². The highest BCUT2D eigenvalue weighted by molar-refractivity contribution is 5.95. The second kappa shape index (κ2) is 13.8. The number of hydrogen-bond acceptors (Lipinski definition) is 6. The van der Waals surface area contributed by atoms with E-state index in [9.17, 15) is 14.4 Å². The molecule has 0 spiro atoms. The Labute approximate surface area is 240 Å². The molecule has 3 aromatic rings. The Balaban J connectivity index is 0.00000387. The van der Waals surface area contributed by atoms with Crippen molar-refractivity contribution in [2.45, 2.75) is 58.4 Å². The lowest BCUT2D eigenvalue weighted by Gasteiger charge is -2.38. The van der Waals surface area contributed by atoms with Gasteiger partial charge in [0.2, 0.25) is 11.9 Å². The van der Waals surface area contributed by atoms with Crippen LogP contribution in [0.3, 0.4) is 0 Å². The third kappa shape index (κ3) is 7.45. The molecule has 2 fully saturated rings. The molecular weight excluding hydrogens is 521 g/mol. The molecule has 0 radical (unpaired) electrons. The number of aryl methyl sites for hydroxylation is 1. The highest BCUT2D eigenvalue weighted by atomic mass is 19.1. The second-order valence-corrected chi connectivity index (χ2v) is 10.6. The molecule has 2 heterocycles. The van der Waals surface area contributed by atoms with Crippen molar-refractivity contribution < 1.29 is 9.18 Å². The van der Waals surface area contributed by atoms with Gasteiger partial charge in [-0.2, -0.15) is 5.26 Å². The van der Waals surface area contributed by atoms with Crippen LogP contribution in [0.4, 0.5) is 10.1 Å². The number of hydrogen-bond donors (Lipinski definition) is 2. The van der Waals surface area contributed by atoms with Gasteiger partial charge < -0.3 is 10.2 Å². The number of guanidine groups is 1. The predicted octanol–water partition coefficient (Wildman–Crippen LogP) is 4.53. The van der Waals surface area contributed by atoms with Crippen LogP contribution in [0.2, 0.25) is 0 Å². The molecule has 3 atom stereocenters. The highest BCUT2D eigenvalue weighted by Gasteiger charge is 2.36. The number of benzene rings is 2. The van der Waals surface area contributed by atoms with Crippen molar-refractivity contribution in [3.8, 4) is 17.6 Å². The Bertz CT molecular complexity index is 1360. The molecule has 10 nitrogen and oxygen atoms in total. The summed E-state index contributed by atoms with van der Waals surface area (Å²) >= 11 is 0. The van der Waals surface area contributed by atoms with Crippen LogP contribution in [-0.4, -0.2) is 56.1 Å². The number of rotatable bonds is 6. The number of carbonyl (C=O) groups is 1. The first-order chi connectivity index (χ1) is 19.5. The van der Waals surface area contributed by atoms with Gasteiger partial charge in [-0.15, -0.1) is 5.10 Å². The van der Waals surface area contributed by atoms with Crippen molar-refractivity contribution in [2.24, 2.45) is 23.9 Å². The summed E-state index contributed by atoms with van der Waals surface area (Å²) in [5.74, 6) is 1.03. The van der Waals surface area contributed by atoms with E-state index in [2.05, 4.69) is 26.2 Å². The largest absolute Gasteiger partial charge is 0.342 e. The van der Waals surface area contributed by atoms with Gasteiger partial charge in [0.1, 0.15) is 5.82 Å². The summed E-state index contributed by atoms with van der Waals surface area (Å²) in [5.41, 5.74) is 2.71. The Hall–Kier alpha value is -4.33. The van der Waals surface area contributed by atoms with E-state index in [1.54, 1.807) is 11.7 Å². The zero-order chi connectivity index (χ0) is 27.9. The molecule has 1 saturated heterocycles. The monoisotopic (exact) mass is 559 g/mol. The minimum absolute atomic E-state index is 0. The summed E-state index contributed by atoms with van der Waals surface area (Å²) in [6.45, 7) is 1.46. The fraction of sp³-hybridized carbons (Fsp3) is 0.467. The lowest BCUT2D eigenvalue weighted by atomic mass is 9.82. The lowest BCUT2D eigenvalue weighted by Crippen LogP contribution is -2.47. The van der Waals surface area contributed by atoms with Gasteiger partial charge in [-0.1, -0.05) is 32.4 Å². The van der Waals surface area contributed by atoms with Crippen molar-refractivity contribution >= 4 is 17.6 Å². The van der Waals surface area contributed by atoms with Crippen molar-refractivity contribution in [1.29, 1.82) is 5.26 Å². The van der Waals surface area contributed by atoms with Gasteiger partial charge in [-0.25, -0.2) is 14.1 Å². The van der Waals surface area contributed by atoms with Gasteiger partial charge in [0.25, 0.3) is 0 Å². The number of piperidine rings is 1. The Kier molecular flexibility index (Phi) is 10.0. The molecule has 216 valence electrons.